The zero-order valence-electron chi connectivity index (χ0n) is 14.0. The van der Waals surface area contributed by atoms with E-state index in [1.165, 1.54) is 17.4 Å². The number of hydrogen-bond donors (Lipinski definition) is 4. The van der Waals surface area contributed by atoms with Gasteiger partial charge in [0.25, 0.3) is 0 Å². The molecular weight excluding hydrogens is 384 g/mol. The number of amides is 2. The number of aromatic hydroxyl groups is 1. The molecule has 0 aliphatic carbocycles. The van der Waals surface area contributed by atoms with Crippen molar-refractivity contribution in [3.05, 3.63) is 65.5 Å². The number of alkyl halides is 3. The van der Waals surface area contributed by atoms with Gasteiger partial charge in [0.2, 0.25) is 5.72 Å². The second-order valence-electron chi connectivity index (χ2n) is 6.28. The number of phenolic OH excluding ortho intramolecular Hbond substituents is 1. The predicted molar refractivity (Wildman–Crippen MR) is 87.7 cm³/mol. The summed E-state index contributed by atoms with van der Waals surface area (Å²) in [6.45, 7) is 0. The number of halogens is 4. The lowest BCUT2D eigenvalue weighted by molar-refractivity contribution is -0.287. The van der Waals surface area contributed by atoms with Crippen molar-refractivity contribution in [3.8, 4) is 5.75 Å². The standard InChI is InChI=1S/C18H14F4N2O4/c19-11-5-1-10(2-6-11)15(26)13-14(9-3-7-12(25)8-4-9)23-16(27)24-17(13,28)18(20,21)22/h1-8,13-14,25,28H,(H2,23,24,27)/t13-,14+,17+/m1/s1. The van der Waals surface area contributed by atoms with Gasteiger partial charge in [-0.1, -0.05) is 12.1 Å². The summed E-state index contributed by atoms with van der Waals surface area (Å²) < 4.78 is 54.2. The molecule has 148 valence electrons. The molecule has 1 heterocycles. The molecule has 6 nitrogen and oxygen atoms in total. The summed E-state index contributed by atoms with van der Waals surface area (Å²) in [7, 11) is 0. The summed E-state index contributed by atoms with van der Waals surface area (Å²) in [5, 5.41) is 23.4. The Morgan fingerprint density at radius 1 is 1.04 bits per heavy atom. The van der Waals surface area contributed by atoms with Crippen molar-refractivity contribution in [2.24, 2.45) is 5.92 Å². The highest BCUT2D eigenvalue weighted by Crippen LogP contribution is 2.44. The minimum Gasteiger partial charge on any atom is -0.508 e. The van der Waals surface area contributed by atoms with Crippen molar-refractivity contribution in [3.63, 3.8) is 0 Å². The molecule has 0 bridgehead atoms. The zero-order chi connectivity index (χ0) is 20.7. The van der Waals surface area contributed by atoms with Gasteiger partial charge >= 0.3 is 12.2 Å². The Morgan fingerprint density at radius 3 is 2.14 bits per heavy atom. The highest BCUT2D eigenvalue weighted by Gasteiger charge is 2.66. The fourth-order valence-electron chi connectivity index (χ4n) is 3.09. The van der Waals surface area contributed by atoms with E-state index in [-0.39, 0.29) is 16.9 Å². The maximum Gasteiger partial charge on any atom is 0.437 e. The molecule has 2 aromatic carbocycles. The summed E-state index contributed by atoms with van der Waals surface area (Å²) in [5.74, 6) is -4.27. The van der Waals surface area contributed by atoms with Crippen molar-refractivity contribution in [2.75, 3.05) is 0 Å². The lowest BCUT2D eigenvalue weighted by Crippen LogP contribution is -2.72. The molecule has 1 aliphatic heterocycles. The Kier molecular flexibility index (Phi) is 4.76. The van der Waals surface area contributed by atoms with Crippen LogP contribution in [0.15, 0.2) is 48.5 Å². The molecule has 1 saturated heterocycles. The van der Waals surface area contributed by atoms with E-state index in [9.17, 15) is 37.4 Å². The molecule has 2 amide bonds. The largest absolute Gasteiger partial charge is 0.508 e. The third-order valence-electron chi connectivity index (χ3n) is 4.47. The predicted octanol–water partition coefficient (Wildman–Crippen LogP) is 2.64. The topological polar surface area (TPSA) is 98.7 Å². The number of rotatable bonds is 3. The zero-order valence-corrected chi connectivity index (χ0v) is 14.0. The van der Waals surface area contributed by atoms with Crippen LogP contribution in [0.2, 0.25) is 0 Å². The first-order chi connectivity index (χ1) is 13.0. The van der Waals surface area contributed by atoms with Gasteiger partial charge in [0, 0.05) is 5.56 Å². The first-order valence-electron chi connectivity index (χ1n) is 7.99. The fourth-order valence-corrected chi connectivity index (χ4v) is 3.09. The Balaban J connectivity index is 2.15. The van der Waals surface area contributed by atoms with Crippen LogP contribution in [0.4, 0.5) is 22.4 Å². The molecule has 1 aliphatic rings. The molecule has 0 unspecified atom stereocenters. The van der Waals surface area contributed by atoms with E-state index in [1.807, 2.05) is 0 Å². The SMILES string of the molecule is O=C1N[C@@H](c2ccc(O)cc2)[C@H](C(=O)c2ccc(F)cc2)[C@](O)(C(F)(F)F)N1. The summed E-state index contributed by atoms with van der Waals surface area (Å²) in [6.07, 6.45) is -5.39. The number of nitrogens with one attached hydrogen (secondary N) is 2. The van der Waals surface area contributed by atoms with Crippen molar-refractivity contribution in [1.29, 1.82) is 0 Å². The molecule has 0 saturated carbocycles. The number of benzene rings is 2. The molecule has 0 aromatic heterocycles. The first-order valence-corrected chi connectivity index (χ1v) is 7.99. The van der Waals surface area contributed by atoms with Crippen LogP contribution >= 0.6 is 0 Å². The van der Waals surface area contributed by atoms with Crippen LogP contribution in [0, 0.1) is 11.7 Å². The second-order valence-corrected chi connectivity index (χ2v) is 6.28. The van der Waals surface area contributed by atoms with Crippen LogP contribution in [0.5, 0.6) is 5.75 Å². The normalized spacial score (nSPS) is 25.0. The number of hydrogen-bond acceptors (Lipinski definition) is 4. The summed E-state index contributed by atoms with van der Waals surface area (Å²) in [6, 6.07) is 5.61. The number of urea groups is 1. The summed E-state index contributed by atoms with van der Waals surface area (Å²) in [4.78, 5) is 24.7. The summed E-state index contributed by atoms with van der Waals surface area (Å²) in [5.41, 5.74) is -4.10. The number of Topliss-reactive ketones (excluding diaryl/α,β-unsaturated/α-hetero) is 1. The van der Waals surface area contributed by atoms with Gasteiger partial charge in [0.1, 0.15) is 17.5 Å². The average Bonchev–Trinajstić information content (AvgIpc) is 2.61. The van der Waals surface area contributed by atoms with Crippen LogP contribution in [-0.4, -0.2) is 33.9 Å². The van der Waals surface area contributed by atoms with E-state index in [1.54, 1.807) is 0 Å². The Bertz CT molecular complexity index is 899. The third-order valence-corrected chi connectivity index (χ3v) is 4.47. The third kappa shape index (κ3) is 3.38. The van der Waals surface area contributed by atoms with E-state index in [0.717, 1.165) is 36.4 Å². The van der Waals surface area contributed by atoms with E-state index in [0.29, 0.717) is 0 Å². The molecule has 1 fully saturated rings. The lowest BCUT2D eigenvalue weighted by atomic mass is 9.77. The number of aliphatic hydroxyl groups is 1. The van der Waals surface area contributed by atoms with Gasteiger partial charge in [-0.2, -0.15) is 13.2 Å². The van der Waals surface area contributed by atoms with E-state index in [4.69, 9.17) is 0 Å². The van der Waals surface area contributed by atoms with Crippen LogP contribution in [0.25, 0.3) is 0 Å². The first kappa shape index (κ1) is 19.6. The number of carbonyl (C=O) groups is 2. The number of carbonyl (C=O) groups excluding carboxylic acids is 2. The van der Waals surface area contributed by atoms with Gasteiger partial charge in [-0.15, -0.1) is 0 Å². The molecular formula is C18H14F4N2O4. The van der Waals surface area contributed by atoms with Crippen molar-refractivity contribution in [2.45, 2.75) is 17.9 Å². The lowest BCUT2D eigenvalue weighted by Gasteiger charge is -2.45. The molecule has 3 rings (SSSR count). The maximum absolute atomic E-state index is 13.7. The smallest absolute Gasteiger partial charge is 0.437 e. The fraction of sp³-hybridized carbons (Fsp3) is 0.222. The van der Waals surface area contributed by atoms with E-state index in [2.05, 4.69) is 5.32 Å². The van der Waals surface area contributed by atoms with Crippen molar-refractivity contribution in [1.82, 2.24) is 10.6 Å². The van der Waals surface area contributed by atoms with Gasteiger partial charge in [0.05, 0.1) is 6.04 Å². The van der Waals surface area contributed by atoms with E-state index >= 15 is 0 Å². The molecule has 10 heteroatoms. The molecule has 4 N–H and O–H groups in total. The Morgan fingerprint density at radius 2 is 1.61 bits per heavy atom. The van der Waals surface area contributed by atoms with Crippen molar-refractivity contribution < 1.29 is 37.4 Å². The Hall–Kier alpha value is -3.14. The maximum atomic E-state index is 13.7. The van der Waals surface area contributed by atoms with Crippen LogP contribution in [0.1, 0.15) is 22.0 Å². The van der Waals surface area contributed by atoms with Gasteiger partial charge in [0.15, 0.2) is 5.78 Å². The van der Waals surface area contributed by atoms with E-state index < -0.39 is 41.5 Å². The molecule has 0 spiro atoms. The van der Waals surface area contributed by atoms with Gasteiger partial charge < -0.3 is 20.8 Å². The van der Waals surface area contributed by atoms with Crippen LogP contribution in [-0.2, 0) is 0 Å². The second kappa shape index (κ2) is 6.79. The highest BCUT2D eigenvalue weighted by atomic mass is 19.4. The average molecular weight is 398 g/mol. The van der Waals surface area contributed by atoms with Gasteiger partial charge in [-0.3, -0.25) is 4.79 Å². The minimum atomic E-state index is -5.39. The van der Waals surface area contributed by atoms with Crippen LogP contribution in [0.3, 0.4) is 0 Å². The van der Waals surface area contributed by atoms with Gasteiger partial charge in [-0.05, 0) is 42.0 Å². The highest BCUT2D eigenvalue weighted by molar-refractivity contribution is 6.00. The molecule has 28 heavy (non-hydrogen) atoms. The summed E-state index contributed by atoms with van der Waals surface area (Å²) >= 11 is 0. The monoisotopic (exact) mass is 398 g/mol. The molecule has 0 radical (unpaired) electrons. The van der Waals surface area contributed by atoms with Crippen molar-refractivity contribution >= 4 is 11.8 Å². The minimum absolute atomic E-state index is 0.0517. The van der Waals surface area contributed by atoms with Crippen LogP contribution < -0.4 is 10.6 Å². The number of phenols is 1. The number of ketones is 1. The van der Waals surface area contributed by atoms with Gasteiger partial charge in [-0.25, -0.2) is 9.18 Å². The Labute approximate surface area is 155 Å². The molecule has 3 atom stereocenters. The quantitative estimate of drug-likeness (QED) is 0.472. The molecule has 2 aromatic rings.